The van der Waals surface area contributed by atoms with Crippen molar-refractivity contribution < 1.29 is 27.1 Å². The topological polar surface area (TPSA) is 96.0 Å². The fourth-order valence-corrected chi connectivity index (χ4v) is 5.46. The quantitative estimate of drug-likeness (QED) is 0.283. The van der Waals surface area contributed by atoms with Crippen molar-refractivity contribution in [3.8, 4) is 5.75 Å². The van der Waals surface area contributed by atoms with Gasteiger partial charge >= 0.3 is 0 Å². The molecule has 2 amide bonds. The molecule has 3 aromatic carbocycles. The number of carbonyl (C=O) groups is 2. The zero-order valence-corrected chi connectivity index (χ0v) is 24.6. The van der Waals surface area contributed by atoms with E-state index in [4.69, 9.17) is 4.74 Å². The molecule has 1 atom stereocenters. The van der Waals surface area contributed by atoms with Crippen molar-refractivity contribution in [2.24, 2.45) is 0 Å². The molecule has 3 aromatic rings. The zero-order chi connectivity index (χ0) is 29.8. The zero-order valence-electron chi connectivity index (χ0n) is 23.8. The summed E-state index contributed by atoms with van der Waals surface area (Å²) in [6, 6.07) is 21.3. The molecule has 0 spiro atoms. The second kappa shape index (κ2) is 15.2. The Morgan fingerprint density at radius 2 is 1.71 bits per heavy atom. The number of amides is 2. The summed E-state index contributed by atoms with van der Waals surface area (Å²) in [5.74, 6) is -0.668. The Kier molecular flexibility index (Phi) is 11.7. The van der Waals surface area contributed by atoms with Gasteiger partial charge < -0.3 is 15.0 Å². The summed E-state index contributed by atoms with van der Waals surface area (Å²) in [5.41, 5.74) is 1.57. The molecular formula is C31H38FN3O5S. The fourth-order valence-electron chi connectivity index (χ4n) is 4.50. The number of carbonyl (C=O) groups excluding carboxylic acids is 2. The standard InChI is InChI=1S/C31H38FN3O5S/c1-4-19-33-31(37)29(21-24-12-6-5-7-13-24)34(23-25-14-8-9-17-28(25)32)30(36)18-11-20-35(41(3,38)39)26-15-10-16-27(22-26)40-2/h5-10,12-17,22,29H,4,11,18-21,23H2,1-3H3,(H,33,37). The largest absolute Gasteiger partial charge is 0.497 e. The van der Waals surface area contributed by atoms with Gasteiger partial charge in [0.2, 0.25) is 21.8 Å². The Bertz CT molecular complexity index is 1400. The van der Waals surface area contributed by atoms with Gasteiger partial charge in [0.15, 0.2) is 0 Å². The van der Waals surface area contributed by atoms with Crippen molar-refractivity contribution in [3.63, 3.8) is 0 Å². The van der Waals surface area contributed by atoms with Crippen molar-refractivity contribution in [1.29, 1.82) is 0 Å². The van der Waals surface area contributed by atoms with Gasteiger partial charge in [0, 0.05) is 44.1 Å². The van der Waals surface area contributed by atoms with Gasteiger partial charge in [0.25, 0.3) is 0 Å². The smallest absolute Gasteiger partial charge is 0.243 e. The normalized spacial score (nSPS) is 11.9. The lowest BCUT2D eigenvalue weighted by Gasteiger charge is -2.32. The molecule has 220 valence electrons. The molecule has 0 aliphatic carbocycles. The highest BCUT2D eigenvalue weighted by Crippen LogP contribution is 2.24. The summed E-state index contributed by atoms with van der Waals surface area (Å²) in [6.45, 7) is 2.31. The molecule has 0 aromatic heterocycles. The first-order valence-electron chi connectivity index (χ1n) is 13.6. The van der Waals surface area contributed by atoms with Crippen molar-refractivity contribution in [1.82, 2.24) is 10.2 Å². The van der Waals surface area contributed by atoms with Gasteiger partial charge in [-0.15, -0.1) is 0 Å². The van der Waals surface area contributed by atoms with E-state index in [9.17, 15) is 22.4 Å². The highest BCUT2D eigenvalue weighted by atomic mass is 32.2. The van der Waals surface area contributed by atoms with Crippen LogP contribution in [-0.2, 0) is 32.6 Å². The molecule has 1 N–H and O–H groups in total. The average molecular weight is 584 g/mol. The van der Waals surface area contributed by atoms with Crippen molar-refractivity contribution in [3.05, 3.63) is 95.8 Å². The van der Waals surface area contributed by atoms with Gasteiger partial charge in [-0.25, -0.2) is 12.8 Å². The summed E-state index contributed by atoms with van der Waals surface area (Å²) in [6.07, 6.45) is 2.21. The number of rotatable bonds is 15. The molecule has 41 heavy (non-hydrogen) atoms. The lowest BCUT2D eigenvalue weighted by molar-refractivity contribution is -0.141. The number of nitrogens with one attached hydrogen (secondary N) is 1. The minimum Gasteiger partial charge on any atom is -0.497 e. The van der Waals surface area contributed by atoms with Crippen molar-refractivity contribution in [2.45, 2.75) is 45.2 Å². The van der Waals surface area contributed by atoms with Crippen molar-refractivity contribution >= 4 is 27.5 Å². The summed E-state index contributed by atoms with van der Waals surface area (Å²) in [7, 11) is -2.16. The van der Waals surface area contributed by atoms with E-state index < -0.39 is 21.9 Å². The third kappa shape index (κ3) is 9.31. The Labute approximate surface area is 242 Å². The molecule has 3 rings (SSSR count). The minimum atomic E-state index is -3.66. The Balaban J connectivity index is 1.88. The lowest BCUT2D eigenvalue weighted by Crippen LogP contribution is -2.50. The van der Waals surface area contributed by atoms with Crippen LogP contribution in [0.2, 0.25) is 0 Å². The van der Waals surface area contributed by atoms with Gasteiger partial charge in [-0.05, 0) is 36.6 Å². The van der Waals surface area contributed by atoms with Crippen LogP contribution in [0.5, 0.6) is 5.75 Å². The first-order valence-corrected chi connectivity index (χ1v) is 15.4. The third-order valence-electron chi connectivity index (χ3n) is 6.61. The van der Waals surface area contributed by atoms with Crippen LogP contribution in [0.15, 0.2) is 78.9 Å². The van der Waals surface area contributed by atoms with Crippen LogP contribution in [0.1, 0.15) is 37.3 Å². The van der Waals surface area contributed by atoms with Gasteiger partial charge in [-0.1, -0.05) is 61.5 Å². The predicted octanol–water partition coefficient (Wildman–Crippen LogP) is 4.55. The fraction of sp³-hybridized carbons (Fsp3) is 0.355. The Morgan fingerprint density at radius 1 is 1.00 bits per heavy atom. The van der Waals surface area contributed by atoms with E-state index >= 15 is 0 Å². The average Bonchev–Trinajstić information content (AvgIpc) is 2.96. The molecular weight excluding hydrogens is 545 g/mol. The maximum Gasteiger partial charge on any atom is 0.243 e. The SMILES string of the molecule is CCCNC(=O)C(Cc1ccccc1)N(Cc1ccccc1F)C(=O)CCCN(c1cccc(OC)c1)S(C)(=O)=O. The van der Waals surface area contributed by atoms with E-state index in [2.05, 4.69) is 5.32 Å². The molecule has 10 heteroatoms. The van der Waals surface area contributed by atoms with E-state index in [1.807, 2.05) is 37.3 Å². The van der Waals surface area contributed by atoms with Gasteiger partial charge in [-0.3, -0.25) is 13.9 Å². The first-order chi connectivity index (χ1) is 19.6. The number of hydrogen-bond acceptors (Lipinski definition) is 5. The van der Waals surface area contributed by atoms with Crippen LogP contribution in [-0.4, -0.2) is 57.6 Å². The van der Waals surface area contributed by atoms with Crippen LogP contribution in [0, 0.1) is 5.82 Å². The molecule has 0 bridgehead atoms. The van der Waals surface area contributed by atoms with E-state index in [1.54, 1.807) is 42.5 Å². The summed E-state index contributed by atoms with van der Waals surface area (Å²) < 4.78 is 46.4. The van der Waals surface area contributed by atoms with Gasteiger partial charge in [-0.2, -0.15) is 0 Å². The second-order valence-corrected chi connectivity index (χ2v) is 11.7. The van der Waals surface area contributed by atoms with Crippen LogP contribution in [0.4, 0.5) is 10.1 Å². The number of ether oxygens (including phenoxy) is 1. The number of sulfonamides is 1. The summed E-state index contributed by atoms with van der Waals surface area (Å²) >= 11 is 0. The first kappa shape index (κ1) is 31.6. The molecule has 0 saturated carbocycles. The van der Waals surface area contributed by atoms with Gasteiger partial charge in [0.1, 0.15) is 17.6 Å². The highest BCUT2D eigenvalue weighted by molar-refractivity contribution is 7.92. The van der Waals surface area contributed by atoms with E-state index in [0.29, 0.717) is 18.0 Å². The number of nitrogens with zero attached hydrogens (tertiary/aromatic N) is 2. The third-order valence-corrected chi connectivity index (χ3v) is 7.81. The molecule has 0 heterocycles. The number of anilines is 1. The minimum absolute atomic E-state index is 0.0384. The number of benzene rings is 3. The van der Waals surface area contributed by atoms with E-state index in [0.717, 1.165) is 18.2 Å². The van der Waals surface area contributed by atoms with E-state index in [1.165, 1.54) is 22.4 Å². The van der Waals surface area contributed by atoms with Crippen LogP contribution < -0.4 is 14.4 Å². The monoisotopic (exact) mass is 583 g/mol. The van der Waals surface area contributed by atoms with Crippen LogP contribution >= 0.6 is 0 Å². The highest BCUT2D eigenvalue weighted by Gasteiger charge is 2.31. The maximum absolute atomic E-state index is 14.7. The number of hydrogen-bond donors (Lipinski definition) is 1. The summed E-state index contributed by atoms with van der Waals surface area (Å²) in [5, 5.41) is 2.89. The number of methoxy groups -OCH3 is 1. The molecule has 0 aliphatic rings. The number of halogens is 1. The molecule has 0 aliphatic heterocycles. The predicted molar refractivity (Wildman–Crippen MR) is 159 cm³/mol. The maximum atomic E-state index is 14.7. The van der Waals surface area contributed by atoms with Crippen LogP contribution in [0.25, 0.3) is 0 Å². The molecule has 8 nitrogen and oxygen atoms in total. The Hall–Kier alpha value is -3.92. The van der Waals surface area contributed by atoms with Crippen LogP contribution in [0.3, 0.4) is 0 Å². The molecule has 0 fully saturated rings. The van der Waals surface area contributed by atoms with Gasteiger partial charge in [0.05, 0.1) is 19.1 Å². The molecule has 1 unspecified atom stereocenters. The molecule has 0 radical (unpaired) electrons. The van der Waals surface area contributed by atoms with Crippen molar-refractivity contribution in [2.75, 3.05) is 30.8 Å². The summed E-state index contributed by atoms with van der Waals surface area (Å²) in [4.78, 5) is 28.6. The lowest BCUT2D eigenvalue weighted by atomic mass is 10.0. The molecule has 0 saturated heterocycles. The second-order valence-electron chi connectivity index (χ2n) is 9.75. The van der Waals surface area contributed by atoms with E-state index in [-0.39, 0.29) is 49.7 Å². The Morgan fingerprint density at radius 3 is 2.37 bits per heavy atom.